The van der Waals surface area contributed by atoms with E-state index in [4.69, 9.17) is 22.1 Å². The molecule has 1 saturated heterocycles. The molecule has 2 rings (SSSR count). The Bertz CT molecular complexity index is 408. The van der Waals surface area contributed by atoms with Crippen molar-refractivity contribution in [2.24, 2.45) is 11.7 Å². The fourth-order valence-electron chi connectivity index (χ4n) is 2.02. The Kier molecular flexibility index (Phi) is 4.44. The molecule has 1 aliphatic heterocycles. The number of ether oxygens (including phenoxy) is 1. The average molecular weight is 269 g/mol. The molecule has 1 aromatic rings. The molecular formula is C13H17ClN2O2. The molecule has 0 bridgehead atoms. The molecule has 4 nitrogen and oxygen atoms in total. The standard InChI is InChI=1S/C13H17ClN2O2/c14-11-1-3-12(4-2-11)18-9-13(17)16-6-5-10(7-15)8-16/h1-4,10H,5-9,15H2/t10-/m1/s1. The van der Waals surface area contributed by atoms with Crippen LogP contribution in [-0.2, 0) is 4.79 Å². The Labute approximate surface area is 112 Å². The molecule has 1 aliphatic rings. The Morgan fingerprint density at radius 1 is 1.44 bits per heavy atom. The van der Waals surface area contributed by atoms with Crippen molar-refractivity contribution in [1.82, 2.24) is 4.90 Å². The van der Waals surface area contributed by atoms with E-state index in [1.165, 1.54) is 0 Å². The van der Waals surface area contributed by atoms with Gasteiger partial charge in [0.15, 0.2) is 6.61 Å². The molecule has 1 aromatic carbocycles. The highest BCUT2D eigenvalue weighted by atomic mass is 35.5. The number of nitrogens with zero attached hydrogens (tertiary/aromatic N) is 1. The van der Waals surface area contributed by atoms with Crippen molar-refractivity contribution in [3.8, 4) is 5.75 Å². The summed E-state index contributed by atoms with van der Waals surface area (Å²) in [5.74, 6) is 1.10. The molecule has 0 aromatic heterocycles. The summed E-state index contributed by atoms with van der Waals surface area (Å²) in [5.41, 5.74) is 5.59. The zero-order valence-corrected chi connectivity index (χ0v) is 10.9. The summed E-state index contributed by atoms with van der Waals surface area (Å²) in [5, 5.41) is 0.652. The SMILES string of the molecule is NC[C@H]1CCN(C(=O)COc2ccc(Cl)cc2)C1. The Morgan fingerprint density at radius 3 is 2.78 bits per heavy atom. The maximum absolute atomic E-state index is 11.9. The number of carbonyl (C=O) groups is 1. The van der Waals surface area contributed by atoms with E-state index < -0.39 is 0 Å². The Morgan fingerprint density at radius 2 is 2.17 bits per heavy atom. The lowest BCUT2D eigenvalue weighted by molar-refractivity contribution is -0.132. The highest BCUT2D eigenvalue weighted by Gasteiger charge is 2.25. The predicted molar refractivity (Wildman–Crippen MR) is 70.7 cm³/mol. The van der Waals surface area contributed by atoms with E-state index in [0.29, 0.717) is 23.2 Å². The minimum Gasteiger partial charge on any atom is -0.484 e. The summed E-state index contributed by atoms with van der Waals surface area (Å²) in [6.07, 6.45) is 0.989. The highest BCUT2D eigenvalue weighted by Crippen LogP contribution is 2.17. The van der Waals surface area contributed by atoms with Gasteiger partial charge < -0.3 is 15.4 Å². The van der Waals surface area contributed by atoms with Gasteiger partial charge in [0.2, 0.25) is 0 Å². The number of likely N-dealkylation sites (tertiary alicyclic amines) is 1. The van der Waals surface area contributed by atoms with E-state index in [1.54, 1.807) is 24.3 Å². The van der Waals surface area contributed by atoms with Crippen molar-refractivity contribution >= 4 is 17.5 Å². The van der Waals surface area contributed by atoms with Crippen molar-refractivity contribution in [2.75, 3.05) is 26.2 Å². The largest absolute Gasteiger partial charge is 0.484 e. The monoisotopic (exact) mass is 268 g/mol. The molecule has 98 valence electrons. The molecular weight excluding hydrogens is 252 g/mol. The van der Waals surface area contributed by atoms with Crippen molar-refractivity contribution in [3.05, 3.63) is 29.3 Å². The first-order valence-corrected chi connectivity index (χ1v) is 6.43. The van der Waals surface area contributed by atoms with E-state index in [9.17, 15) is 4.79 Å². The molecule has 0 radical (unpaired) electrons. The number of carbonyl (C=O) groups excluding carboxylic acids is 1. The molecule has 0 saturated carbocycles. The third-order valence-corrected chi connectivity index (χ3v) is 3.40. The van der Waals surface area contributed by atoms with Crippen molar-refractivity contribution < 1.29 is 9.53 Å². The van der Waals surface area contributed by atoms with Crippen LogP contribution in [0.1, 0.15) is 6.42 Å². The van der Waals surface area contributed by atoms with Crippen LogP contribution < -0.4 is 10.5 Å². The highest BCUT2D eigenvalue weighted by molar-refractivity contribution is 6.30. The third kappa shape index (κ3) is 3.37. The molecule has 2 N–H and O–H groups in total. The van der Waals surface area contributed by atoms with Gasteiger partial charge in [0, 0.05) is 18.1 Å². The lowest BCUT2D eigenvalue weighted by Gasteiger charge is -2.16. The van der Waals surface area contributed by atoms with Crippen LogP contribution in [0.15, 0.2) is 24.3 Å². The van der Waals surface area contributed by atoms with Crippen molar-refractivity contribution in [1.29, 1.82) is 0 Å². The van der Waals surface area contributed by atoms with Crippen LogP contribution in [0.4, 0.5) is 0 Å². The van der Waals surface area contributed by atoms with Gasteiger partial charge in [-0.3, -0.25) is 4.79 Å². The van der Waals surface area contributed by atoms with Gasteiger partial charge in [0.05, 0.1) is 0 Å². The van der Waals surface area contributed by atoms with Crippen LogP contribution in [-0.4, -0.2) is 37.0 Å². The van der Waals surface area contributed by atoms with Crippen LogP contribution in [0.5, 0.6) is 5.75 Å². The molecule has 0 spiro atoms. The summed E-state index contributed by atoms with van der Waals surface area (Å²) in [6.45, 7) is 2.24. The van der Waals surface area contributed by atoms with Gasteiger partial charge >= 0.3 is 0 Å². The second-order valence-corrected chi connectivity index (χ2v) is 4.91. The van der Waals surface area contributed by atoms with Gasteiger partial charge in [-0.2, -0.15) is 0 Å². The smallest absolute Gasteiger partial charge is 0.260 e. The van der Waals surface area contributed by atoms with Gasteiger partial charge in [-0.15, -0.1) is 0 Å². The summed E-state index contributed by atoms with van der Waals surface area (Å²) >= 11 is 5.77. The maximum Gasteiger partial charge on any atom is 0.260 e. The number of benzene rings is 1. The topological polar surface area (TPSA) is 55.6 Å². The average Bonchev–Trinajstić information content (AvgIpc) is 2.86. The van der Waals surface area contributed by atoms with Gasteiger partial charge in [-0.1, -0.05) is 11.6 Å². The van der Waals surface area contributed by atoms with Gasteiger partial charge in [-0.25, -0.2) is 0 Å². The Hall–Kier alpha value is -1.26. The van der Waals surface area contributed by atoms with Crippen LogP contribution in [0.3, 0.4) is 0 Å². The quantitative estimate of drug-likeness (QED) is 0.901. The Balaban J connectivity index is 1.80. The van der Waals surface area contributed by atoms with E-state index in [2.05, 4.69) is 0 Å². The fourth-order valence-corrected chi connectivity index (χ4v) is 2.14. The van der Waals surface area contributed by atoms with Gasteiger partial charge in [0.25, 0.3) is 5.91 Å². The second-order valence-electron chi connectivity index (χ2n) is 4.47. The van der Waals surface area contributed by atoms with E-state index in [1.807, 2.05) is 4.90 Å². The van der Waals surface area contributed by atoms with Gasteiger partial charge in [-0.05, 0) is 43.1 Å². The number of rotatable bonds is 4. The summed E-state index contributed by atoms with van der Waals surface area (Å²) in [6, 6.07) is 6.98. The first-order valence-electron chi connectivity index (χ1n) is 6.05. The molecule has 18 heavy (non-hydrogen) atoms. The van der Waals surface area contributed by atoms with Crippen LogP contribution in [0.25, 0.3) is 0 Å². The molecule has 1 heterocycles. The zero-order chi connectivity index (χ0) is 13.0. The molecule has 1 fully saturated rings. The van der Waals surface area contributed by atoms with Crippen molar-refractivity contribution in [2.45, 2.75) is 6.42 Å². The minimum atomic E-state index is 0.0147. The van der Waals surface area contributed by atoms with Crippen molar-refractivity contribution in [3.63, 3.8) is 0 Å². The second kappa shape index (κ2) is 6.07. The summed E-state index contributed by atoms with van der Waals surface area (Å²) in [7, 11) is 0. The number of amides is 1. The number of halogens is 1. The van der Waals surface area contributed by atoms with E-state index in [0.717, 1.165) is 19.5 Å². The summed E-state index contributed by atoms with van der Waals surface area (Å²) < 4.78 is 5.42. The third-order valence-electron chi connectivity index (χ3n) is 3.15. The number of nitrogens with two attached hydrogens (primary N) is 1. The lowest BCUT2D eigenvalue weighted by Crippen LogP contribution is -2.33. The zero-order valence-electron chi connectivity index (χ0n) is 10.1. The van der Waals surface area contributed by atoms with E-state index >= 15 is 0 Å². The normalized spacial score (nSPS) is 19.0. The molecule has 1 atom stereocenters. The number of hydrogen-bond donors (Lipinski definition) is 1. The molecule has 0 unspecified atom stereocenters. The molecule has 1 amide bonds. The lowest BCUT2D eigenvalue weighted by atomic mass is 10.1. The molecule has 0 aliphatic carbocycles. The van der Waals surface area contributed by atoms with Crippen LogP contribution in [0.2, 0.25) is 5.02 Å². The van der Waals surface area contributed by atoms with Crippen LogP contribution in [0, 0.1) is 5.92 Å². The van der Waals surface area contributed by atoms with E-state index in [-0.39, 0.29) is 12.5 Å². The maximum atomic E-state index is 11.9. The number of hydrogen-bond acceptors (Lipinski definition) is 3. The van der Waals surface area contributed by atoms with Gasteiger partial charge in [0.1, 0.15) is 5.75 Å². The minimum absolute atomic E-state index is 0.0147. The first kappa shape index (κ1) is 13.2. The fraction of sp³-hybridized carbons (Fsp3) is 0.462. The van der Waals surface area contributed by atoms with Crippen LogP contribution >= 0.6 is 11.6 Å². The first-order chi connectivity index (χ1) is 8.69. The predicted octanol–water partition coefficient (Wildman–Crippen LogP) is 1.53. The molecule has 5 heteroatoms. The summed E-state index contributed by atoms with van der Waals surface area (Å²) in [4.78, 5) is 13.7.